The van der Waals surface area contributed by atoms with Crippen LogP contribution < -0.4 is 5.32 Å². The monoisotopic (exact) mass is 381 g/mol. The maximum absolute atomic E-state index is 11.8. The summed E-state index contributed by atoms with van der Waals surface area (Å²) in [5.74, 6) is -0.687. The smallest absolute Gasteiger partial charge is 0.328 e. The van der Waals surface area contributed by atoms with E-state index in [2.05, 4.69) is 27.9 Å². The molecule has 100 valence electrons. The van der Waals surface area contributed by atoms with Gasteiger partial charge in [-0.05, 0) is 56.4 Å². The number of rotatable bonds is 3. The van der Waals surface area contributed by atoms with Crippen molar-refractivity contribution in [2.45, 2.75) is 39.3 Å². The van der Waals surface area contributed by atoms with E-state index in [1.165, 1.54) is 11.3 Å². The molecule has 1 aromatic rings. The lowest BCUT2D eigenvalue weighted by Crippen LogP contribution is -2.42. The molecular weight excluding hydrogens is 365 g/mol. The van der Waals surface area contributed by atoms with E-state index < -0.39 is 17.6 Å². The summed E-state index contributed by atoms with van der Waals surface area (Å²) in [5.41, 5.74) is 0.0215. The maximum Gasteiger partial charge on any atom is 0.328 e. The first-order chi connectivity index (χ1) is 8.19. The van der Waals surface area contributed by atoms with Crippen molar-refractivity contribution in [1.82, 2.24) is 5.32 Å². The van der Waals surface area contributed by atoms with Crippen LogP contribution in [0.5, 0.6) is 0 Å². The molecule has 1 aromatic heterocycles. The molecule has 0 aliphatic rings. The van der Waals surface area contributed by atoms with Gasteiger partial charge < -0.3 is 10.1 Å². The highest BCUT2D eigenvalue weighted by Crippen LogP contribution is 2.16. The van der Waals surface area contributed by atoms with Gasteiger partial charge in [-0.25, -0.2) is 4.79 Å². The standard InChI is InChI=1S/C12H16INO3S/c1-7(11(16)17-12(2,3)4)14-10(15)8-5-9(13)18-6-8/h5-7H,1-4H3,(H,14,15)/t7-/m0/s1. The number of amides is 1. The molecular formula is C12H16INO3S. The van der Waals surface area contributed by atoms with Crippen molar-refractivity contribution >= 4 is 45.8 Å². The number of carbonyl (C=O) groups excluding carboxylic acids is 2. The fraction of sp³-hybridized carbons (Fsp3) is 0.500. The summed E-state index contributed by atoms with van der Waals surface area (Å²) in [4.78, 5) is 23.5. The van der Waals surface area contributed by atoms with Gasteiger partial charge in [-0.1, -0.05) is 0 Å². The van der Waals surface area contributed by atoms with Gasteiger partial charge in [0.1, 0.15) is 11.6 Å². The summed E-state index contributed by atoms with van der Waals surface area (Å²) in [6.07, 6.45) is 0. The molecule has 0 fully saturated rings. The van der Waals surface area contributed by atoms with Crippen LogP contribution in [0.4, 0.5) is 0 Å². The van der Waals surface area contributed by atoms with E-state index in [-0.39, 0.29) is 5.91 Å². The van der Waals surface area contributed by atoms with Gasteiger partial charge in [0.05, 0.1) is 8.45 Å². The molecule has 0 aliphatic carbocycles. The van der Waals surface area contributed by atoms with Crippen LogP contribution in [0.2, 0.25) is 0 Å². The van der Waals surface area contributed by atoms with Crippen molar-refractivity contribution in [1.29, 1.82) is 0 Å². The number of hydrogen-bond donors (Lipinski definition) is 1. The zero-order chi connectivity index (χ0) is 13.9. The molecule has 1 atom stereocenters. The Morgan fingerprint density at radius 2 is 2.06 bits per heavy atom. The zero-order valence-electron chi connectivity index (χ0n) is 10.7. The van der Waals surface area contributed by atoms with Crippen LogP contribution in [0.3, 0.4) is 0 Å². The Hall–Kier alpha value is -0.630. The van der Waals surface area contributed by atoms with Gasteiger partial charge in [0.25, 0.3) is 5.91 Å². The van der Waals surface area contributed by atoms with E-state index in [4.69, 9.17) is 4.74 Å². The van der Waals surface area contributed by atoms with E-state index in [9.17, 15) is 9.59 Å². The summed E-state index contributed by atoms with van der Waals surface area (Å²) in [5, 5.41) is 4.38. The third-order valence-corrected chi connectivity index (χ3v) is 3.73. The fourth-order valence-corrected chi connectivity index (χ4v) is 2.48. The Morgan fingerprint density at radius 1 is 1.44 bits per heavy atom. The Balaban J connectivity index is 2.57. The van der Waals surface area contributed by atoms with E-state index in [1.54, 1.807) is 39.1 Å². The number of esters is 1. The van der Waals surface area contributed by atoms with Crippen LogP contribution in [0.15, 0.2) is 11.4 Å². The molecule has 0 saturated heterocycles. The van der Waals surface area contributed by atoms with Crippen LogP contribution in [-0.2, 0) is 9.53 Å². The lowest BCUT2D eigenvalue weighted by atomic mass is 10.2. The predicted octanol–water partition coefficient (Wildman–Crippen LogP) is 2.81. The van der Waals surface area contributed by atoms with Crippen molar-refractivity contribution < 1.29 is 14.3 Å². The van der Waals surface area contributed by atoms with Gasteiger partial charge in [0.15, 0.2) is 0 Å². The SMILES string of the molecule is C[C@H](NC(=O)c1csc(I)c1)C(=O)OC(C)(C)C. The van der Waals surface area contributed by atoms with Gasteiger partial charge >= 0.3 is 5.97 Å². The van der Waals surface area contributed by atoms with E-state index >= 15 is 0 Å². The van der Waals surface area contributed by atoms with Crippen LogP contribution in [0, 0.1) is 2.88 Å². The molecule has 0 saturated carbocycles. The molecule has 1 rings (SSSR count). The fourth-order valence-electron chi connectivity index (χ4n) is 1.16. The van der Waals surface area contributed by atoms with Crippen LogP contribution in [0.25, 0.3) is 0 Å². The second-order valence-corrected chi connectivity index (χ2v) is 7.67. The van der Waals surface area contributed by atoms with Gasteiger partial charge in [-0.2, -0.15) is 0 Å². The second kappa shape index (κ2) is 6.01. The number of hydrogen-bond acceptors (Lipinski definition) is 4. The van der Waals surface area contributed by atoms with Crippen molar-refractivity contribution in [3.63, 3.8) is 0 Å². The highest BCUT2D eigenvalue weighted by Gasteiger charge is 2.23. The van der Waals surface area contributed by atoms with Gasteiger partial charge in [-0.15, -0.1) is 11.3 Å². The highest BCUT2D eigenvalue weighted by atomic mass is 127. The van der Waals surface area contributed by atoms with Crippen LogP contribution in [-0.4, -0.2) is 23.5 Å². The molecule has 0 radical (unpaired) electrons. The predicted molar refractivity (Wildman–Crippen MR) is 79.8 cm³/mol. The lowest BCUT2D eigenvalue weighted by Gasteiger charge is -2.22. The first kappa shape index (κ1) is 15.4. The van der Waals surface area contributed by atoms with Crippen LogP contribution in [0.1, 0.15) is 38.1 Å². The lowest BCUT2D eigenvalue weighted by molar-refractivity contribution is -0.156. The largest absolute Gasteiger partial charge is 0.458 e. The topological polar surface area (TPSA) is 55.4 Å². The minimum Gasteiger partial charge on any atom is -0.458 e. The van der Waals surface area contributed by atoms with Crippen molar-refractivity contribution in [3.8, 4) is 0 Å². The molecule has 0 unspecified atom stereocenters. The molecule has 0 spiro atoms. The Kier molecular flexibility index (Phi) is 5.15. The number of nitrogens with one attached hydrogen (secondary N) is 1. The molecule has 1 N–H and O–H groups in total. The molecule has 18 heavy (non-hydrogen) atoms. The van der Waals surface area contributed by atoms with Gasteiger partial charge in [0.2, 0.25) is 0 Å². The number of ether oxygens (including phenoxy) is 1. The van der Waals surface area contributed by atoms with Gasteiger partial charge in [0, 0.05) is 5.38 Å². The number of carbonyl (C=O) groups is 2. The van der Waals surface area contributed by atoms with E-state index in [0.29, 0.717) is 5.56 Å². The molecule has 0 bridgehead atoms. The average molecular weight is 381 g/mol. The first-order valence-corrected chi connectivity index (χ1v) is 7.42. The van der Waals surface area contributed by atoms with E-state index in [0.717, 1.165) is 2.88 Å². The third-order valence-electron chi connectivity index (χ3n) is 1.94. The molecule has 1 heterocycles. The summed E-state index contributed by atoms with van der Waals surface area (Å²) >= 11 is 3.63. The van der Waals surface area contributed by atoms with Crippen molar-refractivity contribution in [2.24, 2.45) is 0 Å². The summed E-state index contributed by atoms with van der Waals surface area (Å²) in [6.45, 7) is 6.99. The quantitative estimate of drug-likeness (QED) is 0.647. The van der Waals surface area contributed by atoms with Crippen molar-refractivity contribution in [2.75, 3.05) is 0 Å². The summed E-state index contributed by atoms with van der Waals surface area (Å²) in [7, 11) is 0. The number of thiophene rings is 1. The Labute approximate surface area is 124 Å². The zero-order valence-corrected chi connectivity index (χ0v) is 13.7. The molecule has 6 heteroatoms. The Bertz CT molecular complexity index is 450. The normalized spacial score (nSPS) is 12.9. The molecule has 0 aromatic carbocycles. The third kappa shape index (κ3) is 4.93. The second-order valence-electron chi connectivity index (χ2n) is 4.87. The van der Waals surface area contributed by atoms with Gasteiger partial charge in [-0.3, -0.25) is 4.79 Å². The maximum atomic E-state index is 11.8. The van der Waals surface area contributed by atoms with E-state index in [1.807, 2.05) is 0 Å². The number of halogens is 1. The molecule has 1 amide bonds. The minimum absolute atomic E-state index is 0.257. The highest BCUT2D eigenvalue weighted by molar-refractivity contribution is 14.1. The van der Waals surface area contributed by atoms with Crippen molar-refractivity contribution in [3.05, 3.63) is 19.9 Å². The minimum atomic E-state index is -0.658. The summed E-state index contributed by atoms with van der Waals surface area (Å²) < 4.78 is 6.22. The summed E-state index contributed by atoms with van der Waals surface area (Å²) in [6, 6.07) is 1.12. The first-order valence-electron chi connectivity index (χ1n) is 5.47. The Morgan fingerprint density at radius 3 is 2.50 bits per heavy atom. The molecule has 0 aliphatic heterocycles. The molecule has 4 nitrogen and oxygen atoms in total. The van der Waals surface area contributed by atoms with Crippen LogP contribution >= 0.6 is 33.9 Å². The average Bonchev–Trinajstić information content (AvgIpc) is 2.62.